The maximum atomic E-state index is 11.8. The predicted molar refractivity (Wildman–Crippen MR) is 85.7 cm³/mol. The number of anilines is 1. The van der Waals surface area contributed by atoms with Crippen LogP contribution < -0.4 is 10.6 Å². The highest BCUT2D eigenvalue weighted by Crippen LogP contribution is 2.29. The SMILES string of the molecule is CC(C)CC1CCCN(c2ccnc3c2[nH]c(=O)n3C)C1. The van der Waals surface area contributed by atoms with Crippen molar-refractivity contribution in [2.45, 2.75) is 33.1 Å². The molecule has 0 radical (unpaired) electrons. The van der Waals surface area contributed by atoms with Crippen molar-refractivity contribution in [3.05, 3.63) is 22.7 Å². The van der Waals surface area contributed by atoms with E-state index in [1.54, 1.807) is 17.8 Å². The highest BCUT2D eigenvalue weighted by Gasteiger charge is 2.23. The molecule has 1 unspecified atom stereocenters. The highest BCUT2D eigenvalue weighted by atomic mass is 16.1. The first-order chi connectivity index (χ1) is 10.1. The Morgan fingerprint density at radius 2 is 2.29 bits per heavy atom. The summed E-state index contributed by atoms with van der Waals surface area (Å²) in [5.41, 5.74) is 2.63. The first-order valence-electron chi connectivity index (χ1n) is 7.85. The van der Waals surface area contributed by atoms with Crippen molar-refractivity contribution in [1.82, 2.24) is 14.5 Å². The number of nitrogens with zero attached hydrogens (tertiary/aromatic N) is 3. The molecule has 2 aromatic heterocycles. The Balaban J connectivity index is 1.93. The quantitative estimate of drug-likeness (QED) is 0.944. The van der Waals surface area contributed by atoms with Gasteiger partial charge in [0.2, 0.25) is 0 Å². The number of piperidine rings is 1. The molecule has 114 valence electrons. The molecule has 1 saturated heterocycles. The fourth-order valence-electron chi connectivity index (χ4n) is 3.51. The first kappa shape index (κ1) is 14.2. The second-order valence-electron chi connectivity index (χ2n) is 6.60. The van der Waals surface area contributed by atoms with E-state index in [4.69, 9.17) is 0 Å². The molecule has 3 rings (SSSR count). The summed E-state index contributed by atoms with van der Waals surface area (Å²) >= 11 is 0. The zero-order chi connectivity index (χ0) is 15.0. The van der Waals surface area contributed by atoms with Crippen LogP contribution in [0.5, 0.6) is 0 Å². The number of aromatic nitrogens is 3. The van der Waals surface area contributed by atoms with E-state index >= 15 is 0 Å². The van der Waals surface area contributed by atoms with Crippen molar-refractivity contribution in [3.63, 3.8) is 0 Å². The van der Waals surface area contributed by atoms with Gasteiger partial charge in [-0.25, -0.2) is 9.78 Å². The fourth-order valence-corrected chi connectivity index (χ4v) is 3.51. The number of pyridine rings is 1. The van der Waals surface area contributed by atoms with Crippen LogP contribution in [0, 0.1) is 11.8 Å². The van der Waals surface area contributed by atoms with Gasteiger partial charge in [-0.2, -0.15) is 0 Å². The van der Waals surface area contributed by atoms with Crippen molar-refractivity contribution in [2.24, 2.45) is 18.9 Å². The molecular weight excluding hydrogens is 264 g/mol. The summed E-state index contributed by atoms with van der Waals surface area (Å²) in [6.45, 7) is 6.72. The number of hydrogen-bond donors (Lipinski definition) is 1. The number of imidazole rings is 1. The van der Waals surface area contributed by atoms with Crippen LogP contribution in [0.2, 0.25) is 0 Å². The smallest absolute Gasteiger partial charge is 0.327 e. The number of hydrogen-bond acceptors (Lipinski definition) is 3. The lowest BCUT2D eigenvalue weighted by Crippen LogP contribution is -2.36. The molecule has 1 atom stereocenters. The van der Waals surface area contributed by atoms with Crippen LogP contribution in [0.25, 0.3) is 11.2 Å². The van der Waals surface area contributed by atoms with Gasteiger partial charge >= 0.3 is 5.69 Å². The number of H-pyrrole nitrogens is 1. The van der Waals surface area contributed by atoms with E-state index in [1.807, 2.05) is 6.07 Å². The number of aromatic amines is 1. The molecule has 0 spiro atoms. The lowest BCUT2D eigenvalue weighted by Gasteiger charge is -2.35. The van der Waals surface area contributed by atoms with E-state index in [0.717, 1.165) is 41.8 Å². The number of rotatable bonds is 3. The minimum absolute atomic E-state index is 0.0966. The van der Waals surface area contributed by atoms with Crippen LogP contribution in [0.4, 0.5) is 5.69 Å². The molecule has 2 aromatic rings. The zero-order valence-electron chi connectivity index (χ0n) is 13.1. The minimum atomic E-state index is -0.0966. The van der Waals surface area contributed by atoms with E-state index in [9.17, 15) is 4.79 Å². The van der Waals surface area contributed by atoms with E-state index < -0.39 is 0 Å². The first-order valence-corrected chi connectivity index (χ1v) is 7.85. The second-order valence-corrected chi connectivity index (χ2v) is 6.60. The summed E-state index contributed by atoms with van der Waals surface area (Å²) < 4.78 is 1.58. The number of nitrogens with one attached hydrogen (secondary N) is 1. The average Bonchev–Trinajstić information content (AvgIpc) is 2.74. The molecule has 0 aliphatic carbocycles. The zero-order valence-corrected chi connectivity index (χ0v) is 13.1. The monoisotopic (exact) mass is 288 g/mol. The largest absolute Gasteiger partial charge is 0.369 e. The van der Waals surface area contributed by atoms with Gasteiger partial charge in [0.05, 0.1) is 5.69 Å². The van der Waals surface area contributed by atoms with E-state index in [1.165, 1.54) is 19.3 Å². The normalized spacial score (nSPS) is 19.6. The van der Waals surface area contributed by atoms with Gasteiger partial charge < -0.3 is 9.88 Å². The van der Waals surface area contributed by atoms with E-state index in [2.05, 4.69) is 28.7 Å². The number of aryl methyl sites for hydroxylation is 1. The van der Waals surface area contributed by atoms with E-state index in [-0.39, 0.29) is 5.69 Å². The molecule has 0 saturated carbocycles. The van der Waals surface area contributed by atoms with Gasteiger partial charge in [0.1, 0.15) is 5.52 Å². The lowest BCUT2D eigenvalue weighted by atomic mass is 9.89. The molecule has 21 heavy (non-hydrogen) atoms. The Labute approximate surface area is 125 Å². The van der Waals surface area contributed by atoms with Gasteiger partial charge in [-0.1, -0.05) is 13.8 Å². The molecule has 1 aliphatic heterocycles. The van der Waals surface area contributed by atoms with Crippen molar-refractivity contribution < 1.29 is 0 Å². The molecule has 5 heteroatoms. The highest BCUT2D eigenvalue weighted by molar-refractivity contribution is 5.85. The van der Waals surface area contributed by atoms with Crippen LogP contribution in [-0.4, -0.2) is 27.6 Å². The Hall–Kier alpha value is -1.78. The standard InChI is InChI=1S/C16H24N4O/c1-11(2)9-12-5-4-8-20(10-12)13-6-7-17-15-14(13)18-16(21)19(15)3/h6-7,11-12H,4-5,8-10H2,1-3H3,(H,18,21). The summed E-state index contributed by atoms with van der Waals surface area (Å²) in [4.78, 5) is 21.5. The maximum Gasteiger partial charge on any atom is 0.327 e. The van der Waals surface area contributed by atoms with Gasteiger partial charge in [0, 0.05) is 26.3 Å². The van der Waals surface area contributed by atoms with Crippen molar-refractivity contribution in [1.29, 1.82) is 0 Å². The summed E-state index contributed by atoms with van der Waals surface area (Å²) in [7, 11) is 1.76. The third kappa shape index (κ3) is 2.69. The van der Waals surface area contributed by atoms with Gasteiger partial charge in [0.15, 0.2) is 5.65 Å². The lowest BCUT2D eigenvalue weighted by molar-refractivity contribution is 0.347. The molecule has 3 heterocycles. The van der Waals surface area contributed by atoms with Crippen LogP contribution in [-0.2, 0) is 7.05 Å². The van der Waals surface area contributed by atoms with Crippen molar-refractivity contribution in [2.75, 3.05) is 18.0 Å². The molecule has 1 aliphatic rings. The van der Waals surface area contributed by atoms with E-state index in [0.29, 0.717) is 0 Å². The summed E-state index contributed by atoms with van der Waals surface area (Å²) in [5.74, 6) is 1.49. The fraction of sp³-hybridized carbons (Fsp3) is 0.625. The molecular formula is C16H24N4O. The number of fused-ring (bicyclic) bond motifs is 1. The Kier molecular flexibility index (Phi) is 3.74. The summed E-state index contributed by atoms with van der Waals surface area (Å²) in [5, 5.41) is 0. The molecule has 0 amide bonds. The molecule has 0 bridgehead atoms. The third-order valence-electron chi connectivity index (χ3n) is 4.43. The molecule has 5 nitrogen and oxygen atoms in total. The predicted octanol–water partition coefficient (Wildman–Crippen LogP) is 2.52. The van der Waals surface area contributed by atoms with Gasteiger partial charge in [-0.15, -0.1) is 0 Å². The van der Waals surface area contributed by atoms with Crippen LogP contribution in [0.15, 0.2) is 17.1 Å². The Morgan fingerprint density at radius 3 is 3.05 bits per heavy atom. The molecule has 1 N–H and O–H groups in total. The Bertz CT molecular complexity index is 685. The van der Waals surface area contributed by atoms with Gasteiger partial charge in [-0.3, -0.25) is 4.57 Å². The van der Waals surface area contributed by atoms with Crippen LogP contribution in [0.3, 0.4) is 0 Å². The minimum Gasteiger partial charge on any atom is -0.369 e. The maximum absolute atomic E-state index is 11.8. The summed E-state index contributed by atoms with van der Waals surface area (Å²) in [6.07, 6.45) is 5.61. The van der Waals surface area contributed by atoms with Crippen molar-refractivity contribution >= 4 is 16.9 Å². The average molecular weight is 288 g/mol. The van der Waals surface area contributed by atoms with Crippen LogP contribution >= 0.6 is 0 Å². The van der Waals surface area contributed by atoms with Crippen LogP contribution in [0.1, 0.15) is 33.1 Å². The second kappa shape index (κ2) is 5.54. The topological polar surface area (TPSA) is 53.9 Å². The van der Waals surface area contributed by atoms with Gasteiger partial charge in [-0.05, 0) is 37.2 Å². The van der Waals surface area contributed by atoms with Gasteiger partial charge in [0.25, 0.3) is 0 Å². The third-order valence-corrected chi connectivity index (χ3v) is 4.43. The summed E-state index contributed by atoms with van der Waals surface area (Å²) in [6, 6.07) is 2.02. The molecule has 1 fully saturated rings. The van der Waals surface area contributed by atoms with Crippen molar-refractivity contribution in [3.8, 4) is 0 Å². The molecule has 0 aromatic carbocycles. The Morgan fingerprint density at radius 1 is 1.48 bits per heavy atom.